The van der Waals surface area contributed by atoms with E-state index in [1.54, 1.807) is 22.9 Å². The largest absolute Gasteiger partial charge is 0.353 e. The number of carbonyl (C=O) groups excluding carboxylic acids is 2. The molecule has 4 aromatic rings. The number of aromatic nitrogens is 4. The number of benzene rings is 3. The Labute approximate surface area is 243 Å². The Morgan fingerprint density at radius 2 is 1.62 bits per heavy atom. The zero-order valence-electron chi connectivity index (χ0n) is 22.3. The van der Waals surface area contributed by atoms with Crippen LogP contribution in [0.25, 0.3) is 11.4 Å². The molecule has 3 aromatic carbocycles. The van der Waals surface area contributed by atoms with Crippen LogP contribution in [0.2, 0.25) is 10.0 Å². The van der Waals surface area contributed by atoms with Crippen LogP contribution in [0.4, 0.5) is 5.69 Å². The Hall–Kier alpha value is -3.75. The molecule has 8 nitrogen and oxygen atoms in total. The summed E-state index contributed by atoms with van der Waals surface area (Å²) in [6.07, 6.45) is 4.19. The number of aryl methyl sites for hydroxylation is 1. The Morgan fingerprint density at radius 1 is 0.975 bits per heavy atom. The first-order chi connectivity index (χ1) is 19.2. The molecule has 10 heteroatoms. The predicted molar refractivity (Wildman–Crippen MR) is 156 cm³/mol. The maximum atomic E-state index is 13.4. The van der Waals surface area contributed by atoms with Crippen LogP contribution in [0.15, 0.2) is 66.7 Å². The van der Waals surface area contributed by atoms with E-state index in [4.69, 9.17) is 23.2 Å². The molecule has 2 N–H and O–H groups in total. The lowest BCUT2D eigenvalue weighted by atomic mass is 9.64. The molecule has 206 valence electrons. The first-order valence-corrected chi connectivity index (χ1v) is 14.0. The molecule has 1 heterocycles. The van der Waals surface area contributed by atoms with E-state index in [-0.39, 0.29) is 28.8 Å². The van der Waals surface area contributed by atoms with Crippen molar-refractivity contribution >= 4 is 40.7 Å². The quantitative estimate of drug-likeness (QED) is 0.258. The summed E-state index contributed by atoms with van der Waals surface area (Å²) < 4.78 is 1.64. The summed E-state index contributed by atoms with van der Waals surface area (Å²) in [7, 11) is 1.81. The molecule has 1 aromatic heterocycles. The number of anilines is 1. The molecule has 0 bridgehead atoms. The first kappa shape index (κ1) is 27.8. The highest BCUT2D eigenvalue weighted by Crippen LogP contribution is 2.44. The van der Waals surface area contributed by atoms with Gasteiger partial charge in [-0.15, -0.1) is 5.10 Å². The number of amides is 2. The number of nitrogens with one attached hydrogen (secondary N) is 2. The molecule has 0 aliphatic heterocycles. The Bertz CT molecular complexity index is 1490. The minimum atomic E-state index is -0.379. The topological polar surface area (TPSA) is 102 Å². The van der Waals surface area contributed by atoms with Gasteiger partial charge in [0.05, 0.1) is 21.0 Å². The summed E-state index contributed by atoms with van der Waals surface area (Å²) in [6.45, 7) is 2.02. The van der Waals surface area contributed by atoms with Crippen molar-refractivity contribution in [3.05, 3.63) is 93.5 Å². The third kappa shape index (κ3) is 6.03. The fourth-order valence-electron chi connectivity index (χ4n) is 5.14. The van der Waals surface area contributed by atoms with Gasteiger partial charge in [0, 0.05) is 24.3 Å². The van der Waals surface area contributed by atoms with Crippen molar-refractivity contribution in [2.75, 3.05) is 5.32 Å². The molecule has 1 unspecified atom stereocenters. The van der Waals surface area contributed by atoms with Gasteiger partial charge in [-0.2, -0.15) is 0 Å². The monoisotopic (exact) mass is 576 g/mol. The summed E-state index contributed by atoms with van der Waals surface area (Å²) in [5.41, 5.74) is 3.62. The van der Waals surface area contributed by atoms with E-state index in [1.807, 2.05) is 50.4 Å². The van der Waals surface area contributed by atoms with Crippen LogP contribution in [0.3, 0.4) is 0 Å². The van der Waals surface area contributed by atoms with Gasteiger partial charge in [-0.3, -0.25) is 9.59 Å². The summed E-state index contributed by atoms with van der Waals surface area (Å²) in [4.78, 5) is 26.1. The minimum absolute atomic E-state index is 0.0434. The van der Waals surface area contributed by atoms with Crippen LogP contribution in [-0.4, -0.2) is 38.1 Å². The van der Waals surface area contributed by atoms with E-state index in [2.05, 4.69) is 38.3 Å². The molecule has 0 radical (unpaired) electrons. The van der Waals surface area contributed by atoms with Gasteiger partial charge in [-0.25, -0.2) is 4.68 Å². The van der Waals surface area contributed by atoms with Gasteiger partial charge in [0.25, 0.3) is 5.91 Å². The smallest absolute Gasteiger partial charge is 0.258 e. The maximum Gasteiger partial charge on any atom is 0.258 e. The molecular weight excluding hydrogens is 547 g/mol. The highest BCUT2D eigenvalue weighted by atomic mass is 35.5. The van der Waals surface area contributed by atoms with Gasteiger partial charge < -0.3 is 10.6 Å². The van der Waals surface area contributed by atoms with Crippen LogP contribution in [0, 0.1) is 5.41 Å². The molecule has 1 aliphatic carbocycles. The Balaban J connectivity index is 1.16. The second-order valence-corrected chi connectivity index (χ2v) is 11.3. The second-order valence-electron chi connectivity index (χ2n) is 10.5. The van der Waals surface area contributed by atoms with Crippen molar-refractivity contribution in [1.82, 2.24) is 25.5 Å². The van der Waals surface area contributed by atoms with Gasteiger partial charge in [0.1, 0.15) is 0 Å². The van der Waals surface area contributed by atoms with Crippen molar-refractivity contribution in [3.8, 4) is 11.4 Å². The Kier molecular flexibility index (Phi) is 8.19. The lowest BCUT2D eigenvalue weighted by molar-refractivity contribution is -0.136. The number of carbonyl (C=O) groups is 2. The molecule has 1 aliphatic rings. The van der Waals surface area contributed by atoms with Gasteiger partial charge in [0.15, 0.2) is 5.82 Å². The standard InChI is InChI=1S/C30H30Cl2N6O2/c1-19(17-20-9-13-23(14-10-20)34-28(39)26-24(31)5-3-6-25(26)32)33-29(40)30(15-4-16-30)18-21-7-11-22(12-8-21)27-35-36-37-38(27)2/h3,5-14,19H,4,15-18H2,1-2H3,(H,33,40)(H,34,39). The number of tetrazole rings is 1. The number of nitrogens with zero attached hydrogens (tertiary/aromatic N) is 4. The number of rotatable bonds is 9. The van der Waals surface area contributed by atoms with Crippen molar-refractivity contribution in [1.29, 1.82) is 0 Å². The second kappa shape index (κ2) is 11.8. The zero-order valence-corrected chi connectivity index (χ0v) is 23.8. The molecule has 0 spiro atoms. The zero-order chi connectivity index (χ0) is 28.3. The lowest BCUT2D eigenvalue weighted by Crippen LogP contribution is -2.50. The molecule has 2 amide bonds. The SMILES string of the molecule is CC(Cc1ccc(NC(=O)c2c(Cl)cccc2Cl)cc1)NC(=O)C1(Cc2ccc(-c3nnnn3C)cc2)CCC1. The van der Waals surface area contributed by atoms with Gasteiger partial charge in [-0.05, 0) is 78.4 Å². The highest BCUT2D eigenvalue weighted by Gasteiger charge is 2.44. The number of halogens is 2. The molecule has 40 heavy (non-hydrogen) atoms. The number of hydrogen-bond acceptors (Lipinski definition) is 5. The van der Waals surface area contributed by atoms with Crippen molar-refractivity contribution in [3.63, 3.8) is 0 Å². The lowest BCUT2D eigenvalue weighted by Gasteiger charge is -2.41. The molecule has 1 fully saturated rings. The predicted octanol–water partition coefficient (Wildman–Crippen LogP) is 5.90. The van der Waals surface area contributed by atoms with Crippen LogP contribution in [0.1, 0.15) is 47.7 Å². The maximum absolute atomic E-state index is 13.4. The normalized spacial score (nSPS) is 14.7. The fraction of sp³-hybridized carbons (Fsp3) is 0.300. The summed E-state index contributed by atoms with van der Waals surface area (Å²) >= 11 is 12.3. The van der Waals surface area contributed by atoms with E-state index < -0.39 is 0 Å². The van der Waals surface area contributed by atoms with Crippen LogP contribution >= 0.6 is 23.2 Å². The third-order valence-electron chi connectivity index (χ3n) is 7.49. The van der Waals surface area contributed by atoms with Crippen LogP contribution in [-0.2, 0) is 24.7 Å². The number of hydrogen-bond donors (Lipinski definition) is 2. The highest BCUT2D eigenvalue weighted by molar-refractivity contribution is 6.40. The molecule has 1 atom stereocenters. The van der Waals surface area contributed by atoms with Crippen molar-refractivity contribution < 1.29 is 9.59 Å². The summed E-state index contributed by atoms with van der Waals surface area (Å²) in [5.74, 6) is 0.445. The van der Waals surface area contributed by atoms with E-state index >= 15 is 0 Å². The summed E-state index contributed by atoms with van der Waals surface area (Å²) in [5, 5.41) is 18.3. The van der Waals surface area contributed by atoms with Gasteiger partial charge in [-0.1, -0.05) is 72.1 Å². The average molecular weight is 578 g/mol. The third-order valence-corrected chi connectivity index (χ3v) is 8.12. The molecule has 5 rings (SSSR count). The van der Waals surface area contributed by atoms with E-state index in [0.29, 0.717) is 34.4 Å². The van der Waals surface area contributed by atoms with Crippen LogP contribution < -0.4 is 10.6 Å². The average Bonchev–Trinajstić information content (AvgIpc) is 3.33. The first-order valence-electron chi connectivity index (χ1n) is 13.2. The van der Waals surface area contributed by atoms with E-state index in [1.165, 1.54) is 0 Å². The van der Waals surface area contributed by atoms with E-state index in [9.17, 15) is 9.59 Å². The molecular formula is C30H30Cl2N6O2. The molecule has 0 saturated heterocycles. The fourth-order valence-corrected chi connectivity index (χ4v) is 5.71. The molecule has 1 saturated carbocycles. The van der Waals surface area contributed by atoms with E-state index in [0.717, 1.165) is 36.0 Å². The Morgan fingerprint density at radius 3 is 2.20 bits per heavy atom. The van der Waals surface area contributed by atoms with Crippen molar-refractivity contribution in [2.45, 2.75) is 45.1 Å². The van der Waals surface area contributed by atoms with Crippen molar-refractivity contribution in [2.24, 2.45) is 12.5 Å². The van der Waals surface area contributed by atoms with Gasteiger partial charge in [0.2, 0.25) is 5.91 Å². The summed E-state index contributed by atoms with van der Waals surface area (Å²) in [6, 6.07) is 20.6. The van der Waals surface area contributed by atoms with Gasteiger partial charge >= 0.3 is 0 Å². The minimum Gasteiger partial charge on any atom is -0.353 e. The van der Waals surface area contributed by atoms with Crippen LogP contribution in [0.5, 0.6) is 0 Å².